The minimum atomic E-state index is -0.244. The first-order valence-electron chi connectivity index (χ1n) is 9.25. The van der Waals surface area contributed by atoms with E-state index in [0.29, 0.717) is 28.2 Å². The first-order valence-corrected chi connectivity index (χ1v) is 10.1. The number of pyridine rings is 1. The standard InChI is InChI=1S/C23H19N3O3S/c1-26(2)23(28)30-16-11-9-15(10-12-16)24-22(27)18-14-20(21-8-5-13-29-21)25-19-7-4-3-6-17(18)19/h3-14H,1-2H3,(H,24,27). The van der Waals surface area contributed by atoms with Crippen LogP contribution in [0.5, 0.6) is 0 Å². The zero-order valence-corrected chi connectivity index (χ0v) is 17.3. The molecule has 2 heterocycles. The highest BCUT2D eigenvalue weighted by Crippen LogP contribution is 2.27. The molecule has 150 valence electrons. The van der Waals surface area contributed by atoms with E-state index in [1.165, 1.54) is 4.90 Å². The minimum absolute atomic E-state index is 0.0551. The third kappa shape index (κ3) is 4.21. The second-order valence-corrected chi connectivity index (χ2v) is 7.82. The molecule has 0 saturated heterocycles. The number of amides is 2. The summed E-state index contributed by atoms with van der Waals surface area (Å²) < 4.78 is 5.46. The lowest BCUT2D eigenvalue weighted by Crippen LogP contribution is -2.16. The number of aromatic nitrogens is 1. The second-order valence-electron chi connectivity index (χ2n) is 6.79. The third-order valence-electron chi connectivity index (χ3n) is 4.42. The summed E-state index contributed by atoms with van der Waals surface area (Å²) in [5.74, 6) is 0.355. The number of anilines is 1. The number of nitrogens with one attached hydrogen (secondary N) is 1. The van der Waals surface area contributed by atoms with Gasteiger partial charge < -0.3 is 14.6 Å². The van der Waals surface area contributed by atoms with E-state index >= 15 is 0 Å². The summed E-state index contributed by atoms with van der Waals surface area (Å²) in [6.45, 7) is 0. The highest BCUT2D eigenvalue weighted by molar-refractivity contribution is 8.13. The van der Waals surface area contributed by atoms with E-state index in [4.69, 9.17) is 4.42 Å². The molecule has 0 saturated carbocycles. The summed E-state index contributed by atoms with van der Waals surface area (Å²) in [6.07, 6.45) is 1.58. The van der Waals surface area contributed by atoms with Crippen molar-refractivity contribution in [3.63, 3.8) is 0 Å². The lowest BCUT2D eigenvalue weighted by atomic mass is 10.1. The van der Waals surface area contributed by atoms with Crippen molar-refractivity contribution in [2.45, 2.75) is 4.90 Å². The Labute approximate surface area is 177 Å². The van der Waals surface area contributed by atoms with Gasteiger partial charge in [-0.2, -0.15) is 0 Å². The highest BCUT2D eigenvalue weighted by atomic mass is 32.2. The quantitative estimate of drug-likeness (QED) is 0.443. The number of nitrogens with zero attached hydrogens (tertiary/aromatic N) is 2. The van der Waals surface area contributed by atoms with Crippen LogP contribution in [0.3, 0.4) is 0 Å². The molecule has 2 aromatic carbocycles. The van der Waals surface area contributed by atoms with E-state index in [1.807, 2.05) is 30.3 Å². The van der Waals surface area contributed by atoms with Crippen LogP contribution in [-0.4, -0.2) is 35.1 Å². The van der Waals surface area contributed by atoms with Crippen molar-refractivity contribution in [3.05, 3.63) is 78.6 Å². The third-order valence-corrected chi connectivity index (χ3v) is 5.46. The van der Waals surface area contributed by atoms with Crippen molar-refractivity contribution in [1.82, 2.24) is 9.88 Å². The monoisotopic (exact) mass is 417 g/mol. The molecule has 4 aromatic rings. The van der Waals surface area contributed by atoms with Crippen LogP contribution in [0.2, 0.25) is 0 Å². The summed E-state index contributed by atoms with van der Waals surface area (Å²) in [5, 5.41) is 3.63. The van der Waals surface area contributed by atoms with Crippen LogP contribution in [0.15, 0.2) is 82.3 Å². The summed E-state index contributed by atoms with van der Waals surface area (Å²) >= 11 is 1.13. The van der Waals surface area contributed by atoms with Crippen molar-refractivity contribution in [1.29, 1.82) is 0 Å². The zero-order chi connectivity index (χ0) is 21.1. The maximum absolute atomic E-state index is 13.1. The first kappa shape index (κ1) is 19.7. The Bertz CT molecular complexity index is 1200. The molecule has 0 bridgehead atoms. The van der Waals surface area contributed by atoms with Gasteiger partial charge in [0.2, 0.25) is 0 Å². The summed E-state index contributed by atoms with van der Waals surface area (Å²) in [5.41, 5.74) is 2.46. The number of furan rings is 1. The molecule has 0 radical (unpaired) electrons. The van der Waals surface area contributed by atoms with Gasteiger partial charge in [-0.05, 0) is 60.3 Å². The largest absolute Gasteiger partial charge is 0.463 e. The number of fused-ring (bicyclic) bond motifs is 1. The molecule has 0 spiro atoms. The minimum Gasteiger partial charge on any atom is -0.463 e. The Kier molecular flexibility index (Phi) is 5.54. The van der Waals surface area contributed by atoms with Crippen LogP contribution in [0.1, 0.15) is 10.4 Å². The molecular weight excluding hydrogens is 398 g/mol. The Morgan fingerprint density at radius 2 is 1.77 bits per heavy atom. The van der Waals surface area contributed by atoms with Gasteiger partial charge in [0, 0.05) is 30.1 Å². The van der Waals surface area contributed by atoms with Crippen molar-refractivity contribution in [2.75, 3.05) is 19.4 Å². The maximum atomic E-state index is 13.1. The van der Waals surface area contributed by atoms with Gasteiger partial charge in [0.25, 0.3) is 11.1 Å². The van der Waals surface area contributed by atoms with Crippen LogP contribution < -0.4 is 5.32 Å². The topological polar surface area (TPSA) is 75.4 Å². The molecule has 0 atom stereocenters. The van der Waals surface area contributed by atoms with Crippen molar-refractivity contribution in [3.8, 4) is 11.5 Å². The fourth-order valence-corrected chi connectivity index (χ4v) is 3.57. The molecule has 4 rings (SSSR count). The van der Waals surface area contributed by atoms with Gasteiger partial charge >= 0.3 is 0 Å². The van der Waals surface area contributed by atoms with Crippen molar-refractivity contribution < 1.29 is 14.0 Å². The molecule has 6 nitrogen and oxygen atoms in total. The average Bonchev–Trinajstić information content (AvgIpc) is 3.29. The molecule has 0 unspecified atom stereocenters. The van der Waals surface area contributed by atoms with Gasteiger partial charge in [-0.3, -0.25) is 9.59 Å². The van der Waals surface area contributed by atoms with E-state index in [2.05, 4.69) is 10.3 Å². The average molecular weight is 417 g/mol. The fraction of sp³-hybridized carbons (Fsp3) is 0.0870. The molecule has 30 heavy (non-hydrogen) atoms. The lowest BCUT2D eigenvalue weighted by molar-refractivity contribution is 0.102. The lowest BCUT2D eigenvalue weighted by Gasteiger charge is -2.11. The molecule has 1 N–H and O–H groups in total. The van der Waals surface area contributed by atoms with Gasteiger partial charge in [-0.15, -0.1) is 0 Å². The van der Waals surface area contributed by atoms with Crippen LogP contribution in [-0.2, 0) is 0 Å². The van der Waals surface area contributed by atoms with Crippen LogP contribution in [0, 0.1) is 0 Å². The maximum Gasteiger partial charge on any atom is 0.285 e. The smallest absolute Gasteiger partial charge is 0.285 e. The van der Waals surface area contributed by atoms with Crippen LogP contribution in [0.4, 0.5) is 10.5 Å². The number of carbonyl (C=O) groups excluding carboxylic acids is 2. The number of thioether (sulfide) groups is 1. The van der Waals surface area contributed by atoms with Gasteiger partial charge in [-0.25, -0.2) is 4.98 Å². The van der Waals surface area contributed by atoms with Crippen LogP contribution >= 0.6 is 11.8 Å². The number of hydrogen-bond donors (Lipinski definition) is 1. The van der Waals surface area contributed by atoms with E-state index in [-0.39, 0.29) is 11.1 Å². The Hall–Kier alpha value is -3.58. The predicted molar refractivity (Wildman–Crippen MR) is 119 cm³/mol. The summed E-state index contributed by atoms with van der Waals surface area (Å²) in [6, 6.07) is 20.0. The fourth-order valence-electron chi connectivity index (χ4n) is 2.91. The molecule has 2 amide bonds. The van der Waals surface area contributed by atoms with Crippen molar-refractivity contribution in [2.24, 2.45) is 0 Å². The van der Waals surface area contributed by atoms with E-state index < -0.39 is 0 Å². The van der Waals surface area contributed by atoms with Crippen molar-refractivity contribution >= 4 is 39.5 Å². The molecule has 0 fully saturated rings. The van der Waals surface area contributed by atoms with Gasteiger partial charge in [0.05, 0.1) is 17.3 Å². The predicted octanol–water partition coefficient (Wildman–Crippen LogP) is 5.52. The first-order chi connectivity index (χ1) is 14.5. The van der Waals surface area contributed by atoms with Gasteiger partial charge in [0.1, 0.15) is 5.69 Å². The summed E-state index contributed by atoms with van der Waals surface area (Å²) in [7, 11) is 3.42. The van der Waals surface area contributed by atoms with Gasteiger partial charge in [0.15, 0.2) is 5.76 Å². The Morgan fingerprint density at radius 1 is 1.00 bits per heavy atom. The van der Waals surface area contributed by atoms with E-state index in [1.54, 1.807) is 56.8 Å². The Balaban J connectivity index is 1.61. The SMILES string of the molecule is CN(C)C(=O)Sc1ccc(NC(=O)c2cc(-c3ccco3)nc3ccccc23)cc1. The summed E-state index contributed by atoms with van der Waals surface area (Å²) in [4.78, 5) is 31.8. The number of benzene rings is 2. The molecule has 7 heteroatoms. The Morgan fingerprint density at radius 3 is 2.47 bits per heavy atom. The van der Waals surface area contributed by atoms with E-state index in [0.717, 1.165) is 22.0 Å². The second kappa shape index (κ2) is 8.42. The molecule has 0 aliphatic heterocycles. The number of para-hydroxylation sites is 1. The number of hydrogen-bond acceptors (Lipinski definition) is 5. The normalized spacial score (nSPS) is 10.7. The number of carbonyl (C=O) groups is 2. The highest BCUT2D eigenvalue weighted by Gasteiger charge is 2.15. The molecule has 2 aromatic heterocycles. The molecule has 0 aliphatic rings. The molecular formula is C23H19N3O3S. The zero-order valence-electron chi connectivity index (χ0n) is 16.5. The number of rotatable bonds is 4. The van der Waals surface area contributed by atoms with Crippen LogP contribution in [0.25, 0.3) is 22.4 Å². The molecule has 0 aliphatic carbocycles. The van der Waals surface area contributed by atoms with Gasteiger partial charge in [-0.1, -0.05) is 18.2 Å². The van der Waals surface area contributed by atoms with E-state index in [9.17, 15) is 9.59 Å².